The zero-order valence-electron chi connectivity index (χ0n) is 6.39. The zero-order chi connectivity index (χ0) is 9.19. The summed E-state index contributed by atoms with van der Waals surface area (Å²) >= 11 is 0. The standard InChI is InChI=1S/C8H7F3N/c1-6-3-2-4-7(12-6)5-8(9,10)11/h2-5H,1H3. The van der Waals surface area contributed by atoms with Crippen LogP contribution in [0.1, 0.15) is 11.4 Å². The molecular formula is C8H7F3N. The summed E-state index contributed by atoms with van der Waals surface area (Å²) in [5, 5.41) is 0. The number of hydrogen-bond acceptors (Lipinski definition) is 1. The van der Waals surface area contributed by atoms with Gasteiger partial charge in [-0.05, 0) is 19.1 Å². The minimum Gasteiger partial charge on any atom is -0.258 e. The summed E-state index contributed by atoms with van der Waals surface area (Å²) in [5.74, 6) is 0. The largest absolute Gasteiger partial charge is 0.398 e. The molecule has 0 spiro atoms. The minimum absolute atomic E-state index is 0.0532. The first-order valence-electron chi connectivity index (χ1n) is 3.34. The predicted molar refractivity (Wildman–Crippen MR) is 38.4 cm³/mol. The van der Waals surface area contributed by atoms with E-state index >= 15 is 0 Å². The van der Waals surface area contributed by atoms with Gasteiger partial charge >= 0.3 is 6.18 Å². The Kier molecular flexibility index (Phi) is 2.35. The van der Waals surface area contributed by atoms with Gasteiger partial charge in [0.2, 0.25) is 0 Å². The van der Waals surface area contributed by atoms with Crippen LogP contribution >= 0.6 is 0 Å². The molecule has 0 atom stereocenters. The lowest BCUT2D eigenvalue weighted by Crippen LogP contribution is -2.10. The molecule has 1 radical (unpaired) electrons. The van der Waals surface area contributed by atoms with Crippen molar-refractivity contribution < 1.29 is 13.2 Å². The van der Waals surface area contributed by atoms with E-state index in [1.54, 1.807) is 19.1 Å². The maximum Gasteiger partial charge on any atom is 0.398 e. The molecule has 1 rings (SSSR count). The van der Waals surface area contributed by atoms with Crippen molar-refractivity contribution in [3.8, 4) is 0 Å². The molecule has 1 aromatic heterocycles. The Bertz CT molecular complexity index is 267. The molecule has 0 aromatic carbocycles. The van der Waals surface area contributed by atoms with Crippen molar-refractivity contribution in [1.82, 2.24) is 4.98 Å². The maximum absolute atomic E-state index is 11.8. The lowest BCUT2D eigenvalue weighted by Gasteiger charge is -2.04. The summed E-state index contributed by atoms with van der Waals surface area (Å²) in [6.07, 6.45) is -4.11. The van der Waals surface area contributed by atoms with Gasteiger partial charge in [-0.1, -0.05) is 6.07 Å². The van der Waals surface area contributed by atoms with Gasteiger partial charge in [-0.2, -0.15) is 13.2 Å². The first kappa shape index (κ1) is 9.03. The fourth-order valence-corrected chi connectivity index (χ4v) is 0.812. The van der Waals surface area contributed by atoms with Gasteiger partial charge in [-0.25, -0.2) is 0 Å². The normalized spacial score (nSPS) is 11.7. The van der Waals surface area contributed by atoms with E-state index in [-0.39, 0.29) is 12.1 Å². The lowest BCUT2D eigenvalue weighted by molar-refractivity contribution is -0.0931. The fraction of sp³-hybridized carbons (Fsp3) is 0.250. The Morgan fingerprint density at radius 1 is 1.33 bits per heavy atom. The second-order valence-corrected chi connectivity index (χ2v) is 2.39. The molecule has 0 saturated heterocycles. The van der Waals surface area contributed by atoms with Crippen LogP contribution in [0.25, 0.3) is 0 Å². The number of aromatic nitrogens is 1. The van der Waals surface area contributed by atoms with Crippen LogP contribution in [0.15, 0.2) is 18.2 Å². The van der Waals surface area contributed by atoms with E-state index in [9.17, 15) is 13.2 Å². The van der Waals surface area contributed by atoms with E-state index in [1.165, 1.54) is 6.07 Å². The maximum atomic E-state index is 11.8. The van der Waals surface area contributed by atoms with Crippen LogP contribution in [0.2, 0.25) is 0 Å². The summed E-state index contributed by atoms with van der Waals surface area (Å²) < 4.78 is 35.3. The smallest absolute Gasteiger partial charge is 0.258 e. The molecule has 0 N–H and O–H groups in total. The monoisotopic (exact) mass is 174 g/mol. The van der Waals surface area contributed by atoms with E-state index < -0.39 is 6.18 Å². The fourth-order valence-electron chi connectivity index (χ4n) is 0.812. The molecule has 4 heteroatoms. The average molecular weight is 174 g/mol. The first-order valence-corrected chi connectivity index (χ1v) is 3.34. The molecule has 0 aliphatic carbocycles. The minimum atomic E-state index is -4.29. The number of pyridine rings is 1. The molecule has 65 valence electrons. The first-order chi connectivity index (χ1) is 5.47. The number of alkyl halides is 3. The van der Waals surface area contributed by atoms with Crippen LogP contribution in [0.3, 0.4) is 0 Å². The van der Waals surface area contributed by atoms with Crippen LogP contribution < -0.4 is 0 Å². The molecular weight excluding hydrogens is 167 g/mol. The Balaban J connectivity index is 2.77. The van der Waals surface area contributed by atoms with Crippen LogP contribution in [-0.2, 0) is 0 Å². The van der Waals surface area contributed by atoms with Crippen molar-refractivity contribution in [3.63, 3.8) is 0 Å². The van der Waals surface area contributed by atoms with Crippen molar-refractivity contribution in [3.05, 3.63) is 36.0 Å². The van der Waals surface area contributed by atoms with Crippen molar-refractivity contribution in [2.24, 2.45) is 0 Å². The van der Waals surface area contributed by atoms with E-state index in [0.717, 1.165) is 0 Å². The second-order valence-electron chi connectivity index (χ2n) is 2.39. The molecule has 0 saturated carbocycles. The summed E-state index contributed by atoms with van der Waals surface area (Å²) in [6.45, 7) is 1.65. The van der Waals surface area contributed by atoms with Crippen LogP contribution in [0.4, 0.5) is 13.2 Å². The zero-order valence-corrected chi connectivity index (χ0v) is 6.39. The quantitative estimate of drug-likeness (QED) is 0.637. The lowest BCUT2D eigenvalue weighted by atomic mass is 10.2. The van der Waals surface area contributed by atoms with Gasteiger partial charge in [0.1, 0.15) is 6.42 Å². The van der Waals surface area contributed by atoms with Gasteiger partial charge in [-0.3, -0.25) is 4.98 Å². The predicted octanol–water partition coefficient (Wildman–Crippen LogP) is 2.50. The number of hydrogen-bond donors (Lipinski definition) is 0. The van der Waals surface area contributed by atoms with Crippen molar-refractivity contribution in [2.45, 2.75) is 13.1 Å². The molecule has 0 amide bonds. The molecule has 0 aliphatic heterocycles. The van der Waals surface area contributed by atoms with Crippen LogP contribution in [-0.4, -0.2) is 11.2 Å². The highest BCUT2D eigenvalue weighted by Gasteiger charge is 2.28. The third kappa shape index (κ3) is 2.90. The van der Waals surface area contributed by atoms with Crippen LogP contribution in [0.5, 0.6) is 0 Å². The second kappa shape index (κ2) is 3.13. The van der Waals surface area contributed by atoms with Gasteiger partial charge in [0.15, 0.2) is 0 Å². The van der Waals surface area contributed by atoms with E-state index in [4.69, 9.17) is 0 Å². The van der Waals surface area contributed by atoms with Crippen molar-refractivity contribution in [1.29, 1.82) is 0 Å². The third-order valence-electron chi connectivity index (χ3n) is 1.22. The third-order valence-corrected chi connectivity index (χ3v) is 1.22. The van der Waals surface area contributed by atoms with Gasteiger partial charge in [0, 0.05) is 5.69 Å². The van der Waals surface area contributed by atoms with Gasteiger partial charge in [0.05, 0.1) is 5.69 Å². The number of rotatable bonds is 1. The van der Waals surface area contributed by atoms with E-state index in [1.807, 2.05) is 0 Å². The Morgan fingerprint density at radius 2 is 2.00 bits per heavy atom. The topological polar surface area (TPSA) is 12.9 Å². The Hall–Kier alpha value is -1.06. The molecule has 1 heterocycles. The van der Waals surface area contributed by atoms with Gasteiger partial charge in [-0.15, -0.1) is 0 Å². The average Bonchev–Trinajstić information content (AvgIpc) is 1.82. The number of nitrogens with zero attached hydrogens (tertiary/aromatic N) is 1. The summed E-state index contributed by atoms with van der Waals surface area (Å²) in [4.78, 5) is 3.68. The van der Waals surface area contributed by atoms with Gasteiger partial charge < -0.3 is 0 Å². The number of halogens is 3. The highest BCUT2D eigenvalue weighted by molar-refractivity contribution is 5.18. The number of aryl methyl sites for hydroxylation is 1. The SMILES string of the molecule is Cc1cccc([CH]C(F)(F)F)n1. The van der Waals surface area contributed by atoms with Crippen LogP contribution in [0, 0.1) is 13.3 Å². The molecule has 1 aromatic rings. The molecule has 0 aliphatic rings. The molecule has 0 unspecified atom stereocenters. The molecule has 1 nitrogen and oxygen atoms in total. The Labute approximate surface area is 68.2 Å². The highest BCUT2D eigenvalue weighted by atomic mass is 19.4. The molecule has 12 heavy (non-hydrogen) atoms. The summed E-state index contributed by atoms with van der Waals surface area (Å²) in [7, 11) is 0. The van der Waals surface area contributed by atoms with Crippen molar-refractivity contribution in [2.75, 3.05) is 0 Å². The highest BCUT2D eigenvalue weighted by Crippen LogP contribution is 2.22. The molecule has 0 bridgehead atoms. The van der Waals surface area contributed by atoms with E-state index in [0.29, 0.717) is 5.69 Å². The summed E-state index contributed by atoms with van der Waals surface area (Å²) in [5.41, 5.74) is 0.524. The van der Waals surface area contributed by atoms with Gasteiger partial charge in [0.25, 0.3) is 0 Å². The van der Waals surface area contributed by atoms with Crippen molar-refractivity contribution >= 4 is 0 Å². The summed E-state index contributed by atoms with van der Waals surface area (Å²) in [6, 6.07) is 4.51. The molecule has 0 fully saturated rings. The van der Waals surface area contributed by atoms with E-state index in [2.05, 4.69) is 4.98 Å². The Morgan fingerprint density at radius 3 is 2.50 bits per heavy atom.